The van der Waals surface area contributed by atoms with Crippen molar-refractivity contribution in [2.24, 2.45) is 0 Å². The topological polar surface area (TPSA) is 58.6 Å². The van der Waals surface area contributed by atoms with E-state index in [0.717, 1.165) is 18.5 Å². The first-order chi connectivity index (χ1) is 12.5. The molecule has 1 N–H and O–H groups in total. The number of nitrogens with zero attached hydrogens (tertiary/aromatic N) is 1. The highest BCUT2D eigenvalue weighted by atomic mass is 79.9. The number of carbonyl (C=O) groups is 2. The second-order valence-electron chi connectivity index (χ2n) is 6.03. The molecule has 1 fully saturated rings. The quantitative estimate of drug-likeness (QED) is 0.774. The van der Waals surface area contributed by atoms with Gasteiger partial charge in [-0.3, -0.25) is 9.59 Å². The van der Waals surface area contributed by atoms with Gasteiger partial charge in [-0.05, 0) is 42.3 Å². The third-order valence-corrected chi connectivity index (χ3v) is 4.50. The second kappa shape index (κ2) is 8.31. The SMILES string of the molecule is O=C(COc1ccc(Br)cc1F)Nc1cccc(CN2CCCC2=O)c1. The van der Waals surface area contributed by atoms with Crippen LogP contribution in [0.5, 0.6) is 5.75 Å². The number of nitrogens with one attached hydrogen (secondary N) is 1. The maximum absolute atomic E-state index is 13.7. The first kappa shape index (κ1) is 18.4. The van der Waals surface area contributed by atoms with Crippen LogP contribution in [0, 0.1) is 5.82 Å². The summed E-state index contributed by atoms with van der Waals surface area (Å²) in [4.78, 5) is 25.6. The molecule has 3 rings (SSSR count). The van der Waals surface area contributed by atoms with Crippen molar-refractivity contribution in [3.8, 4) is 5.75 Å². The van der Waals surface area contributed by atoms with Crippen LogP contribution in [0.1, 0.15) is 18.4 Å². The number of carbonyl (C=O) groups excluding carboxylic acids is 2. The van der Waals surface area contributed by atoms with E-state index >= 15 is 0 Å². The summed E-state index contributed by atoms with van der Waals surface area (Å²) in [6, 6.07) is 11.7. The molecule has 1 aliphatic heterocycles. The fourth-order valence-electron chi connectivity index (χ4n) is 2.77. The molecule has 1 aliphatic rings. The summed E-state index contributed by atoms with van der Waals surface area (Å²) in [5.74, 6) is -0.750. The van der Waals surface area contributed by atoms with E-state index in [1.807, 2.05) is 18.2 Å². The second-order valence-corrected chi connectivity index (χ2v) is 6.95. The van der Waals surface area contributed by atoms with Crippen molar-refractivity contribution in [1.29, 1.82) is 0 Å². The Hall–Kier alpha value is -2.41. The number of likely N-dealkylation sites (tertiary alicyclic amines) is 1. The van der Waals surface area contributed by atoms with E-state index in [-0.39, 0.29) is 24.2 Å². The fraction of sp³-hybridized carbons (Fsp3) is 0.263. The maximum Gasteiger partial charge on any atom is 0.262 e. The first-order valence-corrected chi connectivity index (χ1v) is 9.05. The molecule has 2 aromatic carbocycles. The molecule has 1 heterocycles. The van der Waals surface area contributed by atoms with Gasteiger partial charge in [0.15, 0.2) is 18.2 Å². The van der Waals surface area contributed by atoms with Gasteiger partial charge in [0.25, 0.3) is 5.91 Å². The van der Waals surface area contributed by atoms with Gasteiger partial charge in [0.1, 0.15) is 0 Å². The van der Waals surface area contributed by atoms with Crippen molar-refractivity contribution in [3.05, 3.63) is 58.3 Å². The number of halogens is 2. The molecule has 136 valence electrons. The number of hydrogen-bond donors (Lipinski definition) is 1. The summed E-state index contributed by atoms with van der Waals surface area (Å²) in [5.41, 5.74) is 1.55. The van der Waals surface area contributed by atoms with Crippen LogP contribution in [0.4, 0.5) is 10.1 Å². The number of ether oxygens (including phenoxy) is 1. The van der Waals surface area contributed by atoms with Crippen LogP contribution in [0.3, 0.4) is 0 Å². The zero-order valence-electron chi connectivity index (χ0n) is 14.0. The van der Waals surface area contributed by atoms with Gasteiger partial charge in [-0.1, -0.05) is 28.1 Å². The Morgan fingerprint density at radius 3 is 2.85 bits per heavy atom. The van der Waals surface area contributed by atoms with Gasteiger partial charge in [-0.15, -0.1) is 0 Å². The average molecular weight is 421 g/mol. The highest BCUT2D eigenvalue weighted by molar-refractivity contribution is 9.10. The van der Waals surface area contributed by atoms with Crippen LogP contribution in [-0.4, -0.2) is 29.9 Å². The molecule has 5 nitrogen and oxygen atoms in total. The maximum atomic E-state index is 13.7. The molecular formula is C19H18BrFN2O3. The summed E-state index contributed by atoms with van der Waals surface area (Å²) in [6.45, 7) is 0.999. The lowest BCUT2D eigenvalue weighted by atomic mass is 10.2. The molecule has 0 atom stereocenters. The minimum Gasteiger partial charge on any atom is -0.481 e. The molecule has 0 spiro atoms. The van der Waals surface area contributed by atoms with Gasteiger partial charge in [-0.25, -0.2) is 4.39 Å². The molecule has 26 heavy (non-hydrogen) atoms. The van der Waals surface area contributed by atoms with Crippen molar-refractivity contribution in [3.63, 3.8) is 0 Å². The van der Waals surface area contributed by atoms with E-state index in [9.17, 15) is 14.0 Å². The van der Waals surface area contributed by atoms with Crippen molar-refractivity contribution in [1.82, 2.24) is 4.90 Å². The minimum absolute atomic E-state index is 0.0182. The molecule has 0 aromatic heterocycles. The van der Waals surface area contributed by atoms with Gasteiger partial charge in [0, 0.05) is 29.7 Å². The number of hydrogen-bond acceptors (Lipinski definition) is 3. The summed E-state index contributed by atoms with van der Waals surface area (Å²) in [7, 11) is 0. The van der Waals surface area contributed by atoms with E-state index in [4.69, 9.17) is 4.74 Å². The van der Waals surface area contributed by atoms with Crippen LogP contribution in [0.2, 0.25) is 0 Å². The lowest BCUT2D eigenvalue weighted by molar-refractivity contribution is -0.128. The molecule has 0 bridgehead atoms. The lowest BCUT2D eigenvalue weighted by Gasteiger charge is -2.16. The van der Waals surface area contributed by atoms with Gasteiger partial charge >= 0.3 is 0 Å². The highest BCUT2D eigenvalue weighted by Crippen LogP contribution is 2.21. The first-order valence-electron chi connectivity index (χ1n) is 8.26. The Bertz CT molecular complexity index is 828. The molecule has 0 saturated carbocycles. The monoisotopic (exact) mass is 420 g/mol. The minimum atomic E-state index is -0.538. The molecular weight excluding hydrogens is 403 g/mol. The molecule has 0 radical (unpaired) electrons. The van der Waals surface area contributed by atoms with Crippen molar-refractivity contribution in [2.75, 3.05) is 18.5 Å². The normalized spacial score (nSPS) is 13.8. The summed E-state index contributed by atoms with van der Waals surface area (Å²) in [6.07, 6.45) is 1.49. The molecule has 2 aromatic rings. The van der Waals surface area contributed by atoms with Crippen molar-refractivity contribution in [2.45, 2.75) is 19.4 Å². The third kappa shape index (κ3) is 4.82. The highest BCUT2D eigenvalue weighted by Gasteiger charge is 2.20. The Morgan fingerprint density at radius 1 is 1.27 bits per heavy atom. The largest absolute Gasteiger partial charge is 0.481 e. The standard InChI is InChI=1S/C19H18BrFN2O3/c20-14-6-7-17(16(21)10-14)26-12-18(24)22-15-4-1-3-13(9-15)11-23-8-2-5-19(23)25/h1,3-4,6-7,9-10H,2,5,8,11-12H2,(H,22,24). The molecule has 0 unspecified atom stereocenters. The zero-order valence-corrected chi connectivity index (χ0v) is 15.6. The van der Waals surface area contributed by atoms with Gasteiger partial charge in [-0.2, -0.15) is 0 Å². The van der Waals surface area contributed by atoms with Gasteiger partial charge in [0.05, 0.1) is 0 Å². The van der Waals surface area contributed by atoms with E-state index < -0.39 is 5.82 Å². The Labute approximate surface area is 159 Å². The molecule has 7 heteroatoms. The van der Waals surface area contributed by atoms with E-state index in [2.05, 4.69) is 21.2 Å². The van der Waals surface area contributed by atoms with E-state index in [1.165, 1.54) is 12.1 Å². The van der Waals surface area contributed by atoms with Crippen LogP contribution in [0.15, 0.2) is 46.9 Å². The molecule has 1 saturated heterocycles. The predicted molar refractivity (Wildman–Crippen MR) is 99.3 cm³/mol. The zero-order chi connectivity index (χ0) is 18.5. The lowest BCUT2D eigenvalue weighted by Crippen LogP contribution is -2.24. The average Bonchev–Trinajstić information content (AvgIpc) is 2.99. The van der Waals surface area contributed by atoms with Crippen LogP contribution in [-0.2, 0) is 16.1 Å². The number of rotatable bonds is 6. The Morgan fingerprint density at radius 2 is 2.12 bits per heavy atom. The predicted octanol–water partition coefficient (Wildman–Crippen LogP) is 3.73. The number of anilines is 1. The van der Waals surface area contributed by atoms with Crippen LogP contribution < -0.4 is 10.1 Å². The van der Waals surface area contributed by atoms with Crippen molar-refractivity contribution < 1.29 is 18.7 Å². The Balaban J connectivity index is 1.55. The van der Waals surface area contributed by atoms with Crippen molar-refractivity contribution >= 4 is 33.4 Å². The number of benzene rings is 2. The molecule has 2 amide bonds. The van der Waals surface area contributed by atoms with Gasteiger partial charge < -0.3 is 15.0 Å². The Kier molecular flexibility index (Phi) is 5.88. The molecule has 0 aliphatic carbocycles. The van der Waals surface area contributed by atoms with E-state index in [1.54, 1.807) is 17.0 Å². The van der Waals surface area contributed by atoms with Gasteiger partial charge in [0.2, 0.25) is 5.91 Å². The fourth-order valence-corrected chi connectivity index (χ4v) is 3.10. The smallest absolute Gasteiger partial charge is 0.262 e. The summed E-state index contributed by atoms with van der Waals surface area (Å²) in [5, 5.41) is 2.72. The van der Waals surface area contributed by atoms with E-state index in [0.29, 0.717) is 23.1 Å². The third-order valence-electron chi connectivity index (χ3n) is 4.01. The number of amides is 2. The summed E-state index contributed by atoms with van der Waals surface area (Å²) < 4.78 is 19.5. The van der Waals surface area contributed by atoms with Crippen LogP contribution >= 0.6 is 15.9 Å². The van der Waals surface area contributed by atoms with Crippen LogP contribution in [0.25, 0.3) is 0 Å². The summed E-state index contributed by atoms with van der Waals surface area (Å²) >= 11 is 3.16.